The summed E-state index contributed by atoms with van der Waals surface area (Å²) in [5.74, 6) is -0.157. The molecule has 0 amide bonds. The van der Waals surface area contributed by atoms with E-state index < -0.39 is 0 Å². The van der Waals surface area contributed by atoms with Crippen LogP contribution in [0.2, 0.25) is 0 Å². The summed E-state index contributed by atoms with van der Waals surface area (Å²) in [6.45, 7) is 6.99. The molecule has 0 spiro atoms. The summed E-state index contributed by atoms with van der Waals surface area (Å²) in [6, 6.07) is 5.70. The molecule has 2 unspecified atom stereocenters. The van der Waals surface area contributed by atoms with Gasteiger partial charge in [-0.25, -0.2) is 4.39 Å². The third-order valence-electron chi connectivity index (χ3n) is 4.12. The minimum Gasteiger partial charge on any atom is -0.374 e. The Morgan fingerprint density at radius 1 is 1.48 bits per heavy atom. The van der Waals surface area contributed by atoms with E-state index in [1.54, 1.807) is 6.07 Å². The van der Waals surface area contributed by atoms with Crippen LogP contribution in [0, 0.1) is 5.82 Å². The molecule has 0 saturated carbocycles. The number of rotatable bonds is 5. The Kier molecular flexibility index (Phi) is 6.17. The minimum atomic E-state index is -0.157. The van der Waals surface area contributed by atoms with Gasteiger partial charge in [-0.05, 0) is 51.1 Å². The van der Waals surface area contributed by atoms with E-state index in [0.717, 1.165) is 24.2 Å². The van der Waals surface area contributed by atoms with Gasteiger partial charge < -0.3 is 10.1 Å². The van der Waals surface area contributed by atoms with Crippen LogP contribution in [0.5, 0.6) is 0 Å². The Bertz CT molecular complexity index is 470. The number of ether oxygens (including phenoxy) is 1. The lowest BCUT2D eigenvalue weighted by molar-refractivity contribution is -0.0542. The number of halogens is 2. The Morgan fingerprint density at radius 3 is 2.90 bits per heavy atom. The molecule has 0 aliphatic carbocycles. The first-order chi connectivity index (χ1) is 10.0. The molecular formula is C16H24BrFN2O. The van der Waals surface area contributed by atoms with Crippen LogP contribution in [-0.2, 0) is 11.2 Å². The van der Waals surface area contributed by atoms with Crippen molar-refractivity contribution in [1.29, 1.82) is 0 Å². The zero-order chi connectivity index (χ0) is 15.4. The maximum absolute atomic E-state index is 13.9. The van der Waals surface area contributed by atoms with E-state index in [1.807, 2.05) is 13.1 Å². The van der Waals surface area contributed by atoms with Crippen LogP contribution in [0.25, 0.3) is 0 Å². The molecule has 1 fully saturated rings. The highest BCUT2D eigenvalue weighted by Gasteiger charge is 2.29. The van der Waals surface area contributed by atoms with E-state index in [9.17, 15) is 4.39 Å². The highest BCUT2D eigenvalue weighted by molar-refractivity contribution is 9.10. The second-order valence-electron chi connectivity index (χ2n) is 5.83. The first-order valence-electron chi connectivity index (χ1n) is 7.48. The summed E-state index contributed by atoms with van der Waals surface area (Å²) in [5.41, 5.74) is 0.717. The van der Waals surface area contributed by atoms with Crippen molar-refractivity contribution in [2.75, 3.05) is 26.7 Å². The standard InChI is InChI=1S/C16H24BrFN2O/c1-11(2)20-6-7-21-16(10-20)15(19-3)9-12-8-13(17)4-5-14(12)18/h4-5,8,11,15-16,19H,6-7,9-10H2,1-3H3. The zero-order valence-corrected chi connectivity index (χ0v) is 14.5. The highest BCUT2D eigenvalue weighted by atomic mass is 79.9. The molecule has 118 valence electrons. The van der Waals surface area contributed by atoms with Gasteiger partial charge in [0.2, 0.25) is 0 Å². The van der Waals surface area contributed by atoms with E-state index in [0.29, 0.717) is 18.0 Å². The Labute approximate surface area is 135 Å². The molecule has 0 radical (unpaired) electrons. The van der Waals surface area contributed by atoms with Gasteiger partial charge in [-0.3, -0.25) is 4.90 Å². The quantitative estimate of drug-likeness (QED) is 0.875. The lowest BCUT2D eigenvalue weighted by Crippen LogP contribution is -2.53. The molecule has 1 N–H and O–H groups in total. The minimum absolute atomic E-state index is 0.0875. The lowest BCUT2D eigenvalue weighted by atomic mass is 9.99. The average Bonchev–Trinajstić information content (AvgIpc) is 2.48. The first-order valence-corrected chi connectivity index (χ1v) is 8.27. The predicted molar refractivity (Wildman–Crippen MR) is 87.1 cm³/mol. The van der Waals surface area contributed by atoms with Crippen LogP contribution in [0.3, 0.4) is 0 Å². The molecule has 1 aliphatic heterocycles. The predicted octanol–water partition coefficient (Wildman–Crippen LogP) is 2.83. The number of morpholine rings is 1. The molecule has 1 aliphatic rings. The second-order valence-corrected chi connectivity index (χ2v) is 6.75. The van der Waals surface area contributed by atoms with Crippen LogP contribution in [0.4, 0.5) is 4.39 Å². The fourth-order valence-corrected chi connectivity index (χ4v) is 3.17. The highest BCUT2D eigenvalue weighted by Crippen LogP contribution is 2.20. The topological polar surface area (TPSA) is 24.5 Å². The SMILES string of the molecule is CNC(Cc1cc(Br)ccc1F)C1CN(C(C)C)CCO1. The number of hydrogen-bond acceptors (Lipinski definition) is 3. The normalized spacial score (nSPS) is 21.7. The molecule has 1 aromatic rings. The molecular weight excluding hydrogens is 335 g/mol. The van der Waals surface area contributed by atoms with Crippen LogP contribution in [0.15, 0.2) is 22.7 Å². The summed E-state index contributed by atoms with van der Waals surface area (Å²) in [5, 5.41) is 3.29. The van der Waals surface area contributed by atoms with Crippen molar-refractivity contribution in [3.05, 3.63) is 34.1 Å². The van der Waals surface area contributed by atoms with Crippen molar-refractivity contribution >= 4 is 15.9 Å². The van der Waals surface area contributed by atoms with Crippen molar-refractivity contribution < 1.29 is 9.13 Å². The van der Waals surface area contributed by atoms with E-state index in [2.05, 4.69) is 40.0 Å². The lowest BCUT2D eigenvalue weighted by Gasteiger charge is -2.39. The second kappa shape index (κ2) is 7.68. The van der Waals surface area contributed by atoms with E-state index in [-0.39, 0.29) is 18.0 Å². The van der Waals surface area contributed by atoms with Crippen LogP contribution >= 0.6 is 15.9 Å². The van der Waals surface area contributed by atoms with Crippen molar-refractivity contribution in [3.63, 3.8) is 0 Å². The molecule has 5 heteroatoms. The molecule has 2 atom stereocenters. The zero-order valence-electron chi connectivity index (χ0n) is 12.9. The van der Waals surface area contributed by atoms with Gasteiger partial charge in [0.15, 0.2) is 0 Å². The number of benzene rings is 1. The number of likely N-dealkylation sites (N-methyl/N-ethyl adjacent to an activating group) is 1. The summed E-state index contributed by atoms with van der Waals surface area (Å²) >= 11 is 3.41. The summed E-state index contributed by atoms with van der Waals surface area (Å²) in [7, 11) is 1.91. The van der Waals surface area contributed by atoms with Gasteiger partial charge in [0.25, 0.3) is 0 Å². The van der Waals surface area contributed by atoms with Crippen molar-refractivity contribution in [1.82, 2.24) is 10.2 Å². The van der Waals surface area contributed by atoms with Gasteiger partial charge in [-0.2, -0.15) is 0 Å². The summed E-state index contributed by atoms with van der Waals surface area (Å²) in [4.78, 5) is 2.41. The van der Waals surface area contributed by atoms with Crippen molar-refractivity contribution in [2.45, 2.75) is 38.5 Å². The molecule has 3 nitrogen and oxygen atoms in total. The van der Waals surface area contributed by atoms with E-state index in [1.165, 1.54) is 6.07 Å². The summed E-state index contributed by atoms with van der Waals surface area (Å²) in [6.07, 6.45) is 0.711. The third-order valence-corrected chi connectivity index (χ3v) is 4.62. The van der Waals surface area contributed by atoms with Gasteiger partial charge in [-0.1, -0.05) is 15.9 Å². The number of nitrogens with one attached hydrogen (secondary N) is 1. The number of nitrogens with zero attached hydrogens (tertiary/aromatic N) is 1. The fraction of sp³-hybridized carbons (Fsp3) is 0.625. The molecule has 21 heavy (non-hydrogen) atoms. The summed E-state index contributed by atoms with van der Waals surface area (Å²) < 4.78 is 20.8. The largest absolute Gasteiger partial charge is 0.374 e. The first kappa shape index (κ1) is 16.9. The Balaban J connectivity index is 2.07. The molecule has 1 saturated heterocycles. The van der Waals surface area contributed by atoms with Crippen LogP contribution < -0.4 is 5.32 Å². The Hall–Kier alpha value is -0.490. The monoisotopic (exact) mass is 358 g/mol. The maximum atomic E-state index is 13.9. The van der Waals surface area contributed by atoms with Gasteiger partial charge in [0, 0.05) is 29.6 Å². The molecule has 1 aromatic carbocycles. The third kappa shape index (κ3) is 4.49. The Morgan fingerprint density at radius 2 is 2.24 bits per heavy atom. The van der Waals surface area contributed by atoms with Crippen molar-refractivity contribution in [2.24, 2.45) is 0 Å². The molecule has 1 heterocycles. The van der Waals surface area contributed by atoms with Gasteiger partial charge in [0.1, 0.15) is 5.82 Å². The number of hydrogen-bond donors (Lipinski definition) is 1. The van der Waals surface area contributed by atoms with Gasteiger partial charge in [-0.15, -0.1) is 0 Å². The smallest absolute Gasteiger partial charge is 0.126 e. The van der Waals surface area contributed by atoms with E-state index >= 15 is 0 Å². The fourth-order valence-electron chi connectivity index (χ4n) is 2.76. The molecule has 0 bridgehead atoms. The van der Waals surface area contributed by atoms with Crippen LogP contribution in [0.1, 0.15) is 19.4 Å². The van der Waals surface area contributed by atoms with Gasteiger partial charge >= 0.3 is 0 Å². The molecule has 2 rings (SSSR count). The van der Waals surface area contributed by atoms with Crippen LogP contribution in [-0.4, -0.2) is 49.8 Å². The maximum Gasteiger partial charge on any atom is 0.126 e. The molecule has 0 aromatic heterocycles. The average molecular weight is 359 g/mol. The van der Waals surface area contributed by atoms with Gasteiger partial charge in [0.05, 0.1) is 12.7 Å². The van der Waals surface area contributed by atoms with Crippen molar-refractivity contribution in [3.8, 4) is 0 Å². The van der Waals surface area contributed by atoms with E-state index in [4.69, 9.17) is 4.74 Å².